The van der Waals surface area contributed by atoms with E-state index in [-0.39, 0.29) is 18.4 Å². The monoisotopic (exact) mass is 259 g/mol. The van der Waals surface area contributed by atoms with Crippen LogP contribution in [0.5, 0.6) is 0 Å². The number of aliphatic carboxylic acids is 1. The first-order chi connectivity index (χ1) is 8.52. The van der Waals surface area contributed by atoms with E-state index in [1.165, 1.54) is 0 Å². The molecule has 106 valence electrons. The molecule has 1 amide bonds. The van der Waals surface area contributed by atoms with E-state index < -0.39 is 5.97 Å². The lowest BCUT2D eigenvalue weighted by atomic mass is 10.2. The minimum absolute atomic E-state index is 0.00478. The number of carboxylic acid groups (broad SMARTS) is 1. The van der Waals surface area contributed by atoms with Gasteiger partial charge in [-0.1, -0.05) is 0 Å². The van der Waals surface area contributed by atoms with Crippen LogP contribution in [0, 0.1) is 0 Å². The van der Waals surface area contributed by atoms with Gasteiger partial charge in [0.2, 0.25) is 5.91 Å². The van der Waals surface area contributed by atoms with E-state index in [0.29, 0.717) is 25.8 Å². The molecule has 5 heteroatoms. The highest BCUT2D eigenvalue weighted by Crippen LogP contribution is 2.00. The number of carboxylic acids is 1. The molecular weight excluding hydrogens is 234 g/mol. The number of nitrogens with one attached hydrogen (secondary N) is 1. The summed E-state index contributed by atoms with van der Waals surface area (Å²) in [6.45, 7) is 5.39. The van der Waals surface area contributed by atoms with Crippen LogP contribution >= 0.6 is 0 Å². The molecule has 0 aromatic heterocycles. The summed E-state index contributed by atoms with van der Waals surface area (Å²) in [6, 6.07) is 0. The molecule has 0 fully saturated rings. The molecular formula is C13H25NO4. The maximum absolute atomic E-state index is 11.3. The largest absolute Gasteiger partial charge is 0.481 e. The Morgan fingerprint density at radius 2 is 1.78 bits per heavy atom. The van der Waals surface area contributed by atoms with Gasteiger partial charge < -0.3 is 15.2 Å². The van der Waals surface area contributed by atoms with Crippen molar-refractivity contribution in [3.63, 3.8) is 0 Å². The minimum atomic E-state index is -0.805. The fourth-order valence-electron chi connectivity index (χ4n) is 1.42. The molecule has 0 saturated heterocycles. The van der Waals surface area contributed by atoms with E-state index in [0.717, 1.165) is 19.4 Å². The highest BCUT2D eigenvalue weighted by atomic mass is 16.5. The average molecular weight is 259 g/mol. The molecule has 18 heavy (non-hydrogen) atoms. The summed E-state index contributed by atoms with van der Waals surface area (Å²) in [4.78, 5) is 21.6. The Labute approximate surface area is 109 Å². The van der Waals surface area contributed by atoms with Gasteiger partial charge in [0, 0.05) is 26.0 Å². The topological polar surface area (TPSA) is 75.6 Å². The molecule has 0 heterocycles. The molecule has 0 aliphatic rings. The van der Waals surface area contributed by atoms with Crippen LogP contribution in [-0.4, -0.2) is 36.2 Å². The van der Waals surface area contributed by atoms with Crippen LogP contribution in [0.25, 0.3) is 0 Å². The summed E-state index contributed by atoms with van der Waals surface area (Å²) in [6.07, 6.45) is 3.86. The van der Waals surface area contributed by atoms with E-state index in [1.54, 1.807) is 0 Å². The van der Waals surface area contributed by atoms with Gasteiger partial charge in [0.1, 0.15) is 0 Å². The molecule has 0 bridgehead atoms. The van der Waals surface area contributed by atoms with E-state index in [2.05, 4.69) is 5.32 Å². The van der Waals surface area contributed by atoms with Crippen LogP contribution in [0.15, 0.2) is 0 Å². The molecule has 0 aromatic rings. The summed E-state index contributed by atoms with van der Waals surface area (Å²) >= 11 is 0. The van der Waals surface area contributed by atoms with Crippen LogP contribution < -0.4 is 5.32 Å². The van der Waals surface area contributed by atoms with Crippen molar-refractivity contribution in [3.05, 3.63) is 0 Å². The summed E-state index contributed by atoms with van der Waals surface area (Å²) in [5.74, 6) is -0.800. The van der Waals surface area contributed by atoms with Gasteiger partial charge in [-0.3, -0.25) is 9.59 Å². The first-order valence-electron chi connectivity index (χ1n) is 6.62. The number of unbranched alkanes of at least 4 members (excludes halogenated alkanes) is 2. The van der Waals surface area contributed by atoms with Crippen molar-refractivity contribution in [2.24, 2.45) is 0 Å². The predicted octanol–water partition coefficient (Wildman–Crippen LogP) is 1.95. The van der Waals surface area contributed by atoms with Gasteiger partial charge in [0.15, 0.2) is 0 Å². The SMILES string of the molecule is CC(C)OCCCCNC(=O)CCCCC(=O)O. The zero-order valence-electron chi connectivity index (χ0n) is 11.4. The maximum atomic E-state index is 11.3. The van der Waals surface area contributed by atoms with E-state index in [9.17, 15) is 9.59 Å². The van der Waals surface area contributed by atoms with Gasteiger partial charge in [-0.15, -0.1) is 0 Å². The zero-order valence-corrected chi connectivity index (χ0v) is 11.4. The Bertz CT molecular complexity index is 241. The second kappa shape index (κ2) is 11.0. The molecule has 0 aliphatic heterocycles. The van der Waals surface area contributed by atoms with Crippen molar-refractivity contribution >= 4 is 11.9 Å². The van der Waals surface area contributed by atoms with Crippen LogP contribution in [-0.2, 0) is 14.3 Å². The summed E-state index contributed by atoms with van der Waals surface area (Å²) in [5, 5.41) is 11.2. The van der Waals surface area contributed by atoms with E-state index in [1.807, 2.05) is 13.8 Å². The standard InChI is InChI=1S/C13H25NO4/c1-11(2)18-10-6-5-9-14-12(15)7-3-4-8-13(16)17/h11H,3-10H2,1-2H3,(H,14,15)(H,16,17). The van der Waals surface area contributed by atoms with E-state index in [4.69, 9.17) is 9.84 Å². The number of hydrogen-bond acceptors (Lipinski definition) is 3. The third kappa shape index (κ3) is 13.0. The van der Waals surface area contributed by atoms with Crippen LogP contribution in [0.1, 0.15) is 52.4 Å². The van der Waals surface area contributed by atoms with Crippen molar-refractivity contribution in [1.82, 2.24) is 5.32 Å². The first kappa shape index (κ1) is 16.9. The Hall–Kier alpha value is -1.10. The number of carbonyl (C=O) groups is 2. The van der Waals surface area contributed by atoms with Gasteiger partial charge in [-0.2, -0.15) is 0 Å². The molecule has 0 unspecified atom stereocenters. The van der Waals surface area contributed by atoms with Crippen molar-refractivity contribution in [2.75, 3.05) is 13.2 Å². The normalized spacial score (nSPS) is 10.6. The smallest absolute Gasteiger partial charge is 0.303 e. The molecule has 0 aliphatic carbocycles. The average Bonchev–Trinajstić information content (AvgIpc) is 2.28. The Kier molecular flexibility index (Phi) is 10.3. The lowest BCUT2D eigenvalue weighted by Gasteiger charge is -2.07. The lowest BCUT2D eigenvalue weighted by Crippen LogP contribution is -2.24. The lowest BCUT2D eigenvalue weighted by molar-refractivity contribution is -0.137. The molecule has 0 rings (SSSR count). The fourth-order valence-corrected chi connectivity index (χ4v) is 1.42. The Balaban J connectivity index is 3.24. The van der Waals surface area contributed by atoms with Gasteiger partial charge in [-0.05, 0) is 39.5 Å². The number of hydrogen-bond donors (Lipinski definition) is 2. The molecule has 2 N–H and O–H groups in total. The van der Waals surface area contributed by atoms with Crippen molar-refractivity contribution in [1.29, 1.82) is 0 Å². The number of carbonyl (C=O) groups excluding carboxylic acids is 1. The van der Waals surface area contributed by atoms with E-state index >= 15 is 0 Å². The third-order valence-corrected chi connectivity index (χ3v) is 2.39. The number of amides is 1. The van der Waals surface area contributed by atoms with Gasteiger partial charge in [-0.25, -0.2) is 0 Å². The first-order valence-corrected chi connectivity index (χ1v) is 6.62. The van der Waals surface area contributed by atoms with Gasteiger partial charge >= 0.3 is 5.97 Å². The van der Waals surface area contributed by atoms with Gasteiger partial charge in [0.05, 0.1) is 6.10 Å². The molecule has 0 atom stereocenters. The second-order valence-corrected chi connectivity index (χ2v) is 4.58. The highest BCUT2D eigenvalue weighted by molar-refractivity contribution is 5.75. The molecule has 0 radical (unpaired) electrons. The summed E-state index contributed by atoms with van der Waals surface area (Å²) < 4.78 is 5.38. The molecule has 5 nitrogen and oxygen atoms in total. The number of ether oxygens (including phenoxy) is 1. The van der Waals surface area contributed by atoms with Crippen LogP contribution in [0.3, 0.4) is 0 Å². The minimum Gasteiger partial charge on any atom is -0.481 e. The molecule has 0 spiro atoms. The second-order valence-electron chi connectivity index (χ2n) is 4.58. The summed E-state index contributed by atoms with van der Waals surface area (Å²) in [5.41, 5.74) is 0. The van der Waals surface area contributed by atoms with Crippen LogP contribution in [0.4, 0.5) is 0 Å². The van der Waals surface area contributed by atoms with Crippen molar-refractivity contribution in [3.8, 4) is 0 Å². The van der Waals surface area contributed by atoms with Crippen molar-refractivity contribution in [2.45, 2.75) is 58.5 Å². The van der Waals surface area contributed by atoms with Crippen LogP contribution in [0.2, 0.25) is 0 Å². The maximum Gasteiger partial charge on any atom is 0.303 e. The Morgan fingerprint density at radius 1 is 1.11 bits per heavy atom. The third-order valence-electron chi connectivity index (χ3n) is 2.39. The fraction of sp³-hybridized carbons (Fsp3) is 0.846. The molecule has 0 saturated carbocycles. The van der Waals surface area contributed by atoms with Crippen molar-refractivity contribution < 1.29 is 19.4 Å². The predicted molar refractivity (Wildman–Crippen MR) is 69.4 cm³/mol. The number of rotatable bonds is 11. The quantitative estimate of drug-likeness (QED) is 0.556. The highest BCUT2D eigenvalue weighted by Gasteiger charge is 2.02. The Morgan fingerprint density at radius 3 is 2.39 bits per heavy atom. The molecule has 0 aromatic carbocycles. The van der Waals surface area contributed by atoms with Gasteiger partial charge in [0.25, 0.3) is 0 Å². The summed E-state index contributed by atoms with van der Waals surface area (Å²) in [7, 11) is 0. The zero-order chi connectivity index (χ0) is 13.8.